The van der Waals surface area contributed by atoms with Gasteiger partial charge in [0.05, 0.1) is 18.0 Å². The largest absolute Gasteiger partial charge is 0.346 e. The highest BCUT2D eigenvalue weighted by Crippen LogP contribution is 2.18. The standard InChI is InChI=1S/C8H6N4.2ClH/c1-2-9-8-5(1)7-6(3-10-8)11-4-12-7;;/h1-4H,(H,9,10)(H,11,12);2*1H. The number of fused-ring (bicyclic) bond motifs is 3. The Morgan fingerprint density at radius 3 is 2.79 bits per heavy atom. The average Bonchev–Trinajstić information content (AvgIpc) is 2.71. The molecule has 0 aliphatic heterocycles. The van der Waals surface area contributed by atoms with Crippen molar-refractivity contribution in [3.8, 4) is 0 Å². The molecule has 3 heterocycles. The number of pyridine rings is 1. The fraction of sp³-hybridized carbons (Fsp3) is 0. The second kappa shape index (κ2) is 3.86. The number of imidazole rings is 1. The third kappa shape index (κ3) is 1.32. The van der Waals surface area contributed by atoms with Crippen LogP contribution >= 0.6 is 24.8 Å². The zero-order valence-corrected chi connectivity index (χ0v) is 8.65. The van der Waals surface area contributed by atoms with Gasteiger partial charge in [0.1, 0.15) is 11.2 Å². The van der Waals surface area contributed by atoms with Gasteiger partial charge in [0.25, 0.3) is 0 Å². The smallest absolute Gasteiger partial charge is 0.139 e. The van der Waals surface area contributed by atoms with Gasteiger partial charge in [-0.15, -0.1) is 24.8 Å². The van der Waals surface area contributed by atoms with Crippen LogP contribution in [-0.4, -0.2) is 19.9 Å². The van der Waals surface area contributed by atoms with E-state index in [9.17, 15) is 0 Å². The Morgan fingerprint density at radius 1 is 1.07 bits per heavy atom. The minimum atomic E-state index is 0. The van der Waals surface area contributed by atoms with Crippen molar-refractivity contribution >= 4 is 46.9 Å². The molecule has 0 aliphatic rings. The zero-order chi connectivity index (χ0) is 7.97. The van der Waals surface area contributed by atoms with Crippen molar-refractivity contribution in [1.82, 2.24) is 19.9 Å². The maximum atomic E-state index is 4.21. The van der Waals surface area contributed by atoms with Gasteiger partial charge in [0.15, 0.2) is 0 Å². The van der Waals surface area contributed by atoms with Crippen LogP contribution in [-0.2, 0) is 0 Å². The molecule has 2 N–H and O–H groups in total. The van der Waals surface area contributed by atoms with Gasteiger partial charge in [-0.05, 0) is 6.07 Å². The topological polar surface area (TPSA) is 57.4 Å². The molecule has 4 nitrogen and oxygen atoms in total. The molecule has 6 heteroatoms. The second-order valence-corrected chi connectivity index (χ2v) is 2.66. The zero-order valence-electron chi connectivity index (χ0n) is 7.02. The molecule has 74 valence electrons. The van der Waals surface area contributed by atoms with E-state index in [1.807, 2.05) is 12.3 Å². The number of nitrogens with zero attached hydrogens (tertiary/aromatic N) is 2. The molecule has 14 heavy (non-hydrogen) atoms. The average molecular weight is 231 g/mol. The lowest BCUT2D eigenvalue weighted by atomic mass is 10.3. The maximum Gasteiger partial charge on any atom is 0.139 e. The summed E-state index contributed by atoms with van der Waals surface area (Å²) in [6.07, 6.45) is 5.33. The van der Waals surface area contributed by atoms with E-state index in [2.05, 4.69) is 19.9 Å². The van der Waals surface area contributed by atoms with E-state index in [0.717, 1.165) is 22.1 Å². The molecule has 0 fully saturated rings. The van der Waals surface area contributed by atoms with Gasteiger partial charge in [-0.1, -0.05) is 0 Å². The Balaban J connectivity index is 0.000000490. The molecule has 0 saturated carbocycles. The number of H-pyrrole nitrogens is 2. The highest BCUT2D eigenvalue weighted by Gasteiger charge is 2.02. The van der Waals surface area contributed by atoms with Crippen molar-refractivity contribution in [3.63, 3.8) is 0 Å². The quantitative estimate of drug-likeness (QED) is 0.623. The van der Waals surface area contributed by atoms with Crippen molar-refractivity contribution < 1.29 is 0 Å². The summed E-state index contributed by atoms with van der Waals surface area (Å²) in [5, 5.41) is 1.06. The molecule has 0 aromatic carbocycles. The van der Waals surface area contributed by atoms with Crippen LogP contribution in [0.1, 0.15) is 0 Å². The van der Waals surface area contributed by atoms with E-state index in [-0.39, 0.29) is 24.8 Å². The summed E-state index contributed by atoms with van der Waals surface area (Å²) in [5.41, 5.74) is 2.83. The SMILES string of the molecule is Cl.Cl.c1nc2c(cnc3[nH]ccc32)[nH]1. The number of nitrogens with one attached hydrogen (secondary N) is 2. The van der Waals surface area contributed by atoms with Gasteiger partial charge in [-0.2, -0.15) is 0 Å². The number of hydrogen-bond donors (Lipinski definition) is 2. The number of hydrogen-bond acceptors (Lipinski definition) is 2. The second-order valence-electron chi connectivity index (χ2n) is 2.66. The lowest BCUT2D eigenvalue weighted by molar-refractivity contribution is 1.32. The fourth-order valence-corrected chi connectivity index (χ4v) is 1.40. The van der Waals surface area contributed by atoms with E-state index < -0.39 is 0 Å². The molecule has 0 unspecified atom stereocenters. The first-order valence-corrected chi connectivity index (χ1v) is 3.70. The number of aromatic amines is 2. The lowest BCUT2D eigenvalue weighted by Gasteiger charge is -1.88. The predicted molar refractivity (Wildman–Crippen MR) is 60.2 cm³/mol. The van der Waals surface area contributed by atoms with Crippen LogP contribution < -0.4 is 0 Å². The molecule has 0 atom stereocenters. The van der Waals surface area contributed by atoms with E-state index in [1.165, 1.54) is 0 Å². The monoisotopic (exact) mass is 230 g/mol. The number of rotatable bonds is 0. The van der Waals surface area contributed by atoms with Gasteiger partial charge < -0.3 is 9.97 Å². The van der Waals surface area contributed by atoms with Crippen molar-refractivity contribution in [2.24, 2.45) is 0 Å². The Bertz CT molecular complexity index is 493. The van der Waals surface area contributed by atoms with Gasteiger partial charge >= 0.3 is 0 Å². The van der Waals surface area contributed by atoms with Crippen LogP contribution in [0.5, 0.6) is 0 Å². The molecule has 0 bridgehead atoms. The Hall–Kier alpha value is -1.26. The fourth-order valence-electron chi connectivity index (χ4n) is 1.40. The van der Waals surface area contributed by atoms with Crippen LogP contribution in [0.2, 0.25) is 0 Å². The highest BCUT2D eigenvalue weighted by atomic mass is 35.5. The predicted octanol–water partition coefficient (Wildman–Crippen LogP) is 2.28. The van der Waals surface area contributed by atoms with Crippen molar-refractivity contribution in [3.05, 3.63) is 24.8 Å². The van der Waals surface area contributed by atoms with Gasteiger partial charge in [0.2, 0.25) is 0 Å². The summed E-state index contributed by atoms with van der Waals surface area (Å²) in [4.78, 5) is 14.5. The van der Waals surface area contributed by atoms with Crippen LogP contribution in [0.3, 0.4) is 0 Å². The summed E-state index contributed by atoms with van der Waals surface area (Å²) < 4.78 is 0. The Labute approximate surface area is 92.0 Å². The Kier molecular flexibility index (Phi) is 2.98. The molecule has 0 amide bonds. The van der Waals surface area contributed by atoms with Gasteiger partial charge in [0, 0.05) is 11.6 Å². The highest BCUT2D eigenvalue weighted by molar-refractivity contribution is 6.00. The molecule has 3 aromatic rings. The molecule has 0 radical (unpaired) electrons. The number of halogens is 2. The molecule has 3 aromatic heterocycles. The lowest BCUT2D eigenvalue weighted by Crippen LogP contribution is -1.77. The van der Waals surface area contributed by atoms with Crippen LogP contribution in [0.25, 0.3) is 22.1 Å². The maximum absolute atomic E-state index is 4.21. The summed E-state index contributed by atoms with van der Waals surface area (Å²) in [7, 11) is 0. The van der Waals surface area contributed by atoms with E-state index >= 15 is 0 Å². The van der Waals surface area contributed by atoms with Crippen LogP contribution in [0.4, 0.5) is 0 Å². The minimum absolute atomic E-state index is 0. The number of aromatic nitrogens is 4. The van der Waals surface area contributed by atoms with E-state index in [1.54, 1.807) is 12.5 Å². The van der Waals surface area contributed by atoms with E-state index in [4.69, 9.17) is 0 Å². The Morgan fingerprint density at radius 2 is 1.93 bits per heavy atom. The van der Waals surface area contributed by atoms with Crippen molar-refractivity contribution in [1.29, 1.82) is 0 Å². The third-order valence-electron chi connectivity index (χ3n) is 1.97. The first-order chi connectivity index (χ1) is 5.95. The van der Waals surface area contributed by atoms with Crippen molar-refractivity contribution in [2.75, 3.05) is 0 Å². The van der Waals surface area contributed by atoms with Gasteiger partial charge in [-0.25, -0.2) is 9.97 Å². The first kappa shape index (κ1) is 10.8. The van der Waals surface area contributed by atoms with E-state index in [0.29, 0.717) is 0 Å². The molecular weight excluding hydrogens is 223 g/mol. The first-order valence-electron chi connectivity index (χ1n) is 3.70. The normalized spacial score (nSPS) is 9.71. The summed E-state index contributed by atoms with van der Waals surface area (Å²) in [6, 6.07) is 1.98. The summed E-state index contributed by atoms with van der Waals surface area (Å²) in [5.74, 6) is 0. The molecule has 0 spiro atoms. The summed E-state index contributed by atoms with van der Waals surface area (Å²) in [6.45, 7) is 0. The van der Waals surface area contributed by atoms with Crippen LogP contribution in [0, 0.1) is 0 Å². The molecule has 0 saturated heterocycles. The molecule has 3 rings (SSSR count). The minimum Gasteiger partial charge on any atom is -0.346 e. The van der Waals surface area contributed by atoms with Crippen molar-refractivity contribution in [2.45, 2.75) is 0 Å². The summed E-state index contributed by atoms with van der Waals surface area (Å²) >= 11 is 0. The molecule has 0 aliphatic carbocycles. The van der Waals surface area contributed by atoms with Crippen LogP contribution in [0.15, 0.2) is 24.8 Å². The van der Waals surface area contributed by atoms with Gasteiger partial charge in [-0.3, -0.25) is 0 Å². The third-order valence-corrected chi connectivity index (χ3v) is 1.97. The molecular formula is C8H8Cl2N4.